The summed E-state index contributed by atoms with van der Waals surface area (Å²) >= 11 is 0. The van der Waals surface area contributed by atoms with Crippen LogP contribution < -0.4 is 0 Å². The normalized spacial score (nSPS) is 22.5. The average Bonchev–Trinajstić information content (AvgIpc) is 2.31. The van der Waals surface area contributed by atoms with Gasteiger partial charge in [0.2, 0.25) is 5.91 Å². The molecule has 0 N–H and O–H groups in total. The molecule has 2 rings (SSSR count). The first-order valence-electron chi connectivity index (χ1n) is 5.78. The minimum atomic E-state index is -0.102. The Balaban J connectivity index is 2.27. The number of likely N-dealkylation sites (N-methyl/N-ethyl adjacent to an activating group) is 2. The molecular weight excluding hydrogens is 200 g/mol. The van der Waals surface area contributed by atoms with Crippen molar-refractivity contribution in [3.05, 3.63) is 35.9 Å². The minimum absolute atomic E-state index is 0.102. The van der Waals surface area contributed by atoms with E-state index in [1.54, 1.807) is 0 Å². The molecule has 1 amide bonds. The molecule has 0 aliphatic carbocycles. The molecule has 1 heterocycles. The van der Waals surface area contributed by atoms with Crippen LogP contribution in [0, 0.1) is 0 Å². The largest absolute Gasteiger partial charge is 0.340 e. The van der Waals surface area contributed by atoms with Gasteiger partial charge >= 0.3 is 0 Å². The zero-order chi connectivity index (χ0) is 11.5. The van der Waals surface area contributed by atoms with Gasteiger partial charge in [0, 0.05) is 19.6 Å². The van der Waals surface area contributed by atoms with Crippen molar-refractivity contribution in [2.75, 3.05) is 26.7 Å². The Bertz CT molecular complexity index is 363. The molecule has 1 aromatic carbocycles. The summed E-state index contributed by atoms with van der Waals surface area (Å²) in [5.74, 6) is 0.224. The number of nitrogens with zero attached hydrogens (tertiary/aromatic N) is 2. The van der Waals surface area contributed by atoms with Gasteiger partial charge in [-0.2, -0.15) is 0 Å². The number of hydrogen-bond acceptors (Lipinski definition) is 2. The molecule has 3 nitrogen and oxygen atoms in total. The molecule has 86 valence electrons. The minimum Gasteiger partial charge on any atom is -0.340 e. The van der Waals surface area contributed by atoms with E-state index in [9.17, 15) is 4.79 Å². The highest BCUT2D eigenvalue weighted by molar-refractivity contribution is 5.84. The number of piperazine rings is 1. The lowest BCUT2D eigenvalue weighted by Gasteiger charge is -2.38. The summed E-state index contributed by atoms with van der Waals surface area (Å²) in [4.78, 5) is 16.3. The lowest BCUT2D eigenvalue weighted by atomic mass is 10.0. The number of benzene rings is 1. The molecule has 1 aromatic rings. The van der Waals surface area contributed by atoms with E-state index in [2.05, 4.69) is 4.90 Å². The van der Waals surface area contributed by atoms with Gasteiger partial charge in [-0.1, -0.05) is 30.3 Å². The van der Waals surface area contributed by atoms with Crippen molar-refractivity contribution in [1.82, 2.24) is 9.80 Å². The SMILES string of the molecule is CCN1CCN(C)C(c2ccccc2)C1=O. The Morgan fingerprint density at radius 2 is 1.94 bits per heavy atom. The van der Waals surface area contributed by atoms with Crippen LogP contribution in [0.25, 0.3) is 0 Å². The van der Waals surface area contributed by atoms with Crippen molar-refractivity contribution in [1.29, 1.82) is 0 Å². The van der Waals surface area contributed by atoms with E-state index in [1.165, 1.54) is 0 Å². The highest BCUT2D eigenvalue weighted by atomic mass is 16.2. The van der Waals surface area contributed by atoms with Crippen molar-refractivity contribution >= 4 is 5.91 Å². The van der Waals surface area contributed by atoms with E-state index in [1.807, 2.05) is 49.2 Å². The lowest BCUT2D eigenvalue weighted by molar-refractivity contribution is -0.140. The second kappa shape index (κ2) is 4.66. The van der Waals surface area contributed by atoms with Gasteiger partial charge in [0.15, 0.2) is 0 Å². The van der Waals surface area contributed by atoms with E-state index >= 15 is 0 Å². The van der Waals surface area contributed by atoms with Crippen LogP contribution in [-0.2, 0) is 4.79 Å². The van der Waals surface area contributed by atoms with Gasteiger partial charge in [-0.3, -0.25) is 9.69 Å². The number of carbonyl (C=O) groups excluding carboxylic acids is 1. The number of amides is 1. The number of rotatable bonds is 2. The Labute approximate surface area is 96.7 Å². The smallest absolute Gasteiger partial charge is 0.244 e. The fourth-order valence-corrected chi connectivity index (χ4v) is 2.23. The molecule has 1 unspecified atom stereocenters. The molecule has 3 heteroatoms. The third-order valence-corrected chi connectivity index (χ3v) is 3.21. The Hall–Kier alpha value is -1.35. The highest BCUT2D eigenvalue weighted by Crippen LogP contribution is 2.24. The zero-order valence-corrected chi connectivity index (χ0v) is 9.89. The van der Waals surface area contributed by atoms with Crippen LogP contribution in [0.4, 0.5) is 0 Å². The first-order chi connectivity index (χ1) is 7.74. The molecule has 1 saturated heterocycles. The molecule has 16 heavy (non-hydrogen) atoms. The predicted molar refractivity (Wildman–Crippen MR) is 64.1 cm³/mol. The summed E-state index contributed by atoms with van der Waals surface area (Å²) in [6.45, 7) is 4.62. The maximum atomic E-state index is 12.3. The molecule has 0 spiro atoms. The van der Waals surface area contributed by atoms with Gasteiger partial charge in [-0.25, -0.2) is 0 Å². The second-order valence-corrected chi connectivity index (χ2v) is 4.21. The third-order valence-electron chi connectivity index (χ3n) is 3.21. The molecule has 1 aliphatic rings. The van der Waals surface area contributed by atoms with Crippen LogP contribution in [-0.4, -0.2) is 42.4 Å². The molecule has 0 aromatic heterocycles. The van der Waals surface area contributed by atoms with Gasteiger partial charge < -0.3 is 4.90 Å². The van der Waals surface area contributed by atoms with Crippen LogP contribution in [0.1, 0.15) is 18.5 Å². The van der Waals surface area contributed by atoms with Crippen LogP contribution in [0.2, 0.25) is 0 Å². The summed E-state index contributed by atoms with van der Waals surface area (Å²) in [6, 6.07) is 9.91. The second-order valence-electron chi connectivity index (χ2n) is 4.21. The number of carbonyl (C=O) groups is 1. The molecular formula is C13H18N2O. The predicted octanol–water partition coefficient (Wildman–Crippen LogP) is 1.52. The zero-order valence-electron chi connectivity index (χ0n) is 9.89. The van der Waals surface area contributed by atoms with Crippen molar-refractivity contribution in [2.45, 2.75) is 13.0 Å². The van der Waals surface area contributed by atoms with Gasteiger partial charge in [0.25, 0.3) is 0 Å². The van der Waals surface area contributed by atoms with Gasteiger partial charge in [-0.15, -0.1) is 0 Å². The topological polar surface area (TPSA) is 23.6 Å². The molecule has 0 saturated carbocycles. The molecule has 1 atom stereocenters. The lowest BCUT2D eigenvalue weighted by Crippen LogP contribution is -2.50. The van der Waals surface area contributed by atoms with Crippen molar-refractivity contribution in [3.63, 3.8) is 0 Å². The maximum Gasteiger partial charge on any atom is 0.244 e. The van der Waals surface area contributed by atoms with E-state index in [0.29, 0.717) is 0 Å². The van der Waals surface area contributed by atoms with Crippen LogP contribution in [0.3, 0.4) is 0 Å². The van der Waals surface area contributed by atoms with Crippen molar-refractivity contribution in [2.24, 2.45) is 0 Å². The Morgan fingerprint density at radius 3 is 2.56 bits per heavy atom. The quantitative estimate of drug-likeness (QED) is 0.751. The van der Waals surface area contributed by atoms with E-state index in [-0.39, 0.29) is 11.9 Å². The molecule has 1 aliphatic heterocycles. The summed E-state index contributed by atoms with van der Waals surface area (Å²) < 4.78 is 0. The van der Waals surface area contributed by atoms with Gasteiger partial charge in [-0.05, 0) is 19.5 Å². The summed E-state index contributed by atoms with van der Waals surface area (Å²) in [7, 11) is 2.02. The number of hydrogen-bond donors (Lipinski definition) is 0. The van der Waals surface area contributed by atoms with Crippen molar-refractivity contribution in [3.8, 4) is 0 Å². The Morgan fingerprint density at radius 1 is 1.25 bits per heavy atom. The third kappa shape index (κ3) is 1.95. The maximum absolute atomic E-state index is 12.3. The Kier molecular flexibility index (Phi) is 3.25. The monoisotopic (exact) mass is 218 g/mol. The van der Waals surface area contributed by atoms with Crippen LogP contribution >= 0.6 is 0 Å². The molecule has 1 fully saturated rings. The summed E-state index contributed by atoms with van der Waals surface area (Å²) in [5, 5.41) is 0. The summed E-state index contributed by atoms with van der Waals surface area (Å²) in [5.41, 5.74) is 1.09. The summed E-state index contributed by atoms with van der Waals surface area (Å²) in [6.07, 6.45) is 0. The highest BCUT2D eigenvalue weighted by Gasteiger charge is 2.32. The van der Waals surface area contributed by atoms with Crippen LogP contribution in [0.5, 0.6) is 0 Å². The fraction of sp³-hybridized carbons (Fsp3) is 0.462. The van der Waals surface area contributed by atoms with Gasteiger partial charge in [0.1, 0.15) is 6.04 Å². The average molecular weight is 218 g/mol. The first-order valence-corrected chi connectivity index (χ1v) is 5.78. The van der Waals surface area contributed by atoms with E-state index < -0.39 is 0 Å². The molecule has 0 bridgehead atoms. The molecule has 0 radical (unpaired) electrons. The van der Waals surface area contributed by atoms with Gasteiger partial charge in [0.05, 0.1) is 0 Å². The van der Waals surface area contributed by atoms with Crippen molar-refractivity contribution < 1.29 is 4.79 Å². The van der Waals surface area contributed by atoms with E-state index in [4.69, 9.17) is 0 Å². The van der Waals surface area contributed by atoms with Crippen LogP contribution in [0.15, 0.2) is 30.3 Å². The fourth-order valence-electron chi connectivity index (χ4n) is 2.23. The standard InChI is InChI=1S/C13H18N2O/c1-3-15-10-9-14(2)12(13(15)16)11-7-5-4-6-8-11/h4-8,12H,3,9-10H2,1-2H3. The first kappa shape index (κ1) is 11.1. The van der Waals surface area contributed by atoms with E-state index in [0.717, 1.165) is 25.2 Å².